The number of aromatic nitrogens is 4. The second-order valence-electron chi connectivity index (χ2n) is 7.99. The zero-order valence-electron chi connectivity index (χ0n) is 19.4. The van der Waals surface area contributed by atoms with Gasteiger partial charge in [-0.2, -0.15) is 10.1 Å². The molecule has 0 unspecified atom stereocenters. The van der Waals surface area contributed by atoms with Crippen LogP contribution in [0.15, 0.2) is 63.2 Å². The van der Waals surface area contributed by atoms with Gasteiger partial charge >= 0.3 is 5.69 Å². The second kappa shape index (κ2) is 10.2. The number of benzene rings is 2. The van der Waals surface area contributed by atoms with Crippen molar-refractivity contribution in [2.24, 2.45) is 12.1 Å². The predicted molar refractivity (Wildman–Crippen MR) is 133 cm³/mol. The molecule has 0 spiro atoms. The highest BCUT2D eigenvalue weighted by Crippen LogP contribution is 2.19. The number of aliphatic hydroxyl groups excluding tert-OH is 1. The summed E-state index contributed by atoms with van der Waals surface area (Å²) in [6.07, 6.45) is 0.303. The molecule has 0 bridgehead atoms. The van der Waals surface area contributed by atoms with Crippen LogP contribution in [-0.2, 0) is 13.6 Å². The molecule has 2 aromatic heterocycles. The van der Waals surface area contributed by atoms with E-state index in [2.05, 4.69) is 20.5 Å². The Bertz CT molecular complexity index is 1570. The highest BCUT2D eigenvalue weighted by molar-refractivity contribution is 5.81. The number of fused-ring (bicyclic) bond motifs is 1. The van der Waals surface area contributed by atoms with Gasteiger partial charge in [-0.05, 0) is 18.6 Å². The van der Waals surface area contributed by atoms with Crippen molar-refractivity contribution in [1.29, 1.82) is 0 Å². The summed E-state index contributed by atoms with van der Waals surface area (Å²) >= 11 is 0. The molecule has 1 atom stereocenters. The fourth-order valence-corrected chi connectivity index (χ4v) is 3.55. The normalized spacial score (nSPS) is 12.2. The highest BCUT2D eigenvalue weighted by Gasteiger charge is 2.20. The Hall–Kier alpha value is -4.78. The van der Waals surface area contributed by atoms with E-state index in [1.54, 1.807) is 12.1 Å². The van der Waals surface area contributed by atoms with E-state index < -0.39 is 22.3 Å². The Morgan fingerprint density at radius 1 is 1.28 bits per heavy atom. The smallest absolute Gasteiger partial charge is 0.329 e. The number of aromatic amines is 1. The molecule has 0 amide bonds. The molecule has 2 heterocycles. The van der Waals surface area contributed by atoms with Gasteiger partial charge in [-0.15, -0.1) is 0 Å². The van der Waals surface area contributed by atoms with Gasteiger partial charge in [-0.3, -0.25) is 24.5 Å². The summed E-state index contributed by atoms with van der Waals surface area (Å²) in [6, 6.07) is 13.2. The summed E-state index contributed by atoms with van der Waals surface area (Å²) in [6.45, 7) is 1.72. The monoisotopic (exact) mass is 493 g/mol. The van der Waals surface area contributed by atoms with Gasteiger partial charge < -0.3 is 14.4 Å². The van der Waals surface area contributed by atoms with Crippen molar-refractivity contribution in [2.45, 2.75) is 19.6 Å². The van der Waals surface area contributed by atoms with E-state index in [0.717, 1.165) is 5.56 Å². The van der Waals surface area contributed by atoms with Crippen LogP contribution in [0.4, 0.5) is 11.6 Å². The maximum Gasteiger partial charge on any atom is 0.329 e. The number of aryl methyl sites for hydroxylation is 2. The van der Waals surface area contributed by atoms with Crippen LogP contribution in [0.2, 0.25) is 0 Å². The van der Waals surface area contributed by atoms with E-state index in [0.29, 0.717) is 11.3 Å². The molecule has 4 rings (SSSR count). The standard InChI is InChI=1S/C23H23N7O6/c1-14-6-3-4-9-18(14)36-13-17(31)12-29-19-20(28(2)23(33)26-21(19)32)25-22(29)27-24-11-15-7-5-8-16(10-15)30(34)35/h3-11,17,31H,12-13H2,1-2H3,(H,25,27)(H,26,32,33)/b24-11+/t17-/m0/s1. The molecule has 3 N–H and O–H groups in total. The average Bonchev–Trinajstić information content (AvgIpc) is 3.21. The molecule has 36 heavy (non-hydrogen) atoms. The zero-order chi connectivity index (χ0) is 25.8. The SMILES string of the molecule is Cc1ccccc1OC[C@@H](O)Cn1c(N/N=C/c2cccc([N+](=O)[O-])c2)nc2c1c(=O)[nH]c(=O)n2C. The zero-order valence-corrected chi connectivity index (χ0v) is 19.4. The van der Waals surface area contributed by atoms with E-state index in [4.69, 9.17) is 4.74 Å². The number of non-ortho nitro benzene ring substituents is 1. The van der Waals surface area contributed by atoms with E-state index in [1.807, 2.05) is 25.1 Å². The number of nitro benzene ring substituents is 1. The van der Waals surface area contributed by atoms with Gasteiger partial charge in [-0.25, -0.2) is 10.2 Å². The van der Waals surface area contributed by atoms with E-state index >= 15 is 0 Å². The number of hydrogen-bond acceptors (Lipinski definition) is 9. The number of ether oxygens (including phenoxy) is 1. The van der Waals surface area contributed by atoms with E-state index in [9.17, 15) is 24.8 Å². The lowest BCUT2D eigenvalue weighted by Crippen LogP contribution is -2.30. The van der Waals surface area contributed by atoms with Gasteiger partial charge in [0.2, 0.25) is 5.95 Å². The minimum atomic E-state index is -1.04. The first-order valence-corrected chi connectivity index (χ1v) is 10.8. The Balaban J connectivity index is 1.62. The van der Waals surface area contributed by atoms with Crippen LogP contribution in [-0.4, -0.2) is 48.1 Å². The molecule has 0 radical (unpaired) electrons. The molecule has 4 aromatic rings. The number of nitrogens with one attached hydrogen (secondary N) is 2. The molecule has 2 aromatic carbocycles. The largest absolute Gasteiger partial charge is 0.491 e. The number of rotatable bonds is 9. The van der Waals surface area contributed by atoms with Crippen LogP contribution in [0.25, 0.3) is 11.2 Å². The summed E-state index contributed by atoms with van der Waals surface area (Å²) in [4.78, 5) is 41.7. The summed E-state index contributed by atoms with van der Waals surface area (Å²) in [5, 5.41) is 25.7. The second-order valence-corrected chi connectivity index (χ2v) is 7.99. The number of imidazole rings is 1. The van der Waals surface area contributed by atoms with E-state index in [-0.39, 0.29) is 36.0 Å². The van der Waals surface area contributed by atoms with Gasteiger partial charge in [0.05, 0.1) is 17.7 Å². The molecule has 13 nitrogen and oxygen atoms in total. The van der Waals surface area contributed by atoms with Crippen LogP contribution in [0, 0.1) is 17.0 Å². The number of hydrazone groups is 1. The predicted octanol–water partition coefficient (Wildman–Crippen LogP) is 1.53. The van der Waals surface area contributed by atoms with Crippen LogP contribution in [0.5, 0.6) is 5.75 Å². The Morgan fingerprint density at radius 3 is 2.81 bits per heavy atom. The minimum absolute atomic E-state index is 0.0556. The lowest BCUT2D eigenvalue weighted by atomic mass is 10.2. The maximum absolute atomic E-state index is 12.6. The van der Waals surface area contributed by atoms with Crippen molar-refractivity contribution >= 4 is 29.0 Å². The molecule has 0 saturated carbocycles. The maximum atomic E-state index is 12.6. The van der Waals surface area contributed by atoms with Crippen molar-refractivity contribution in [3.05, 3.63) is 90.6 Å². The molecule has 0 aliphatic heterocycles. The Morgan fingerprint density at radius 2 is 2.06 bits per heavy atom. The van der Waals surface area contributed by atoms with Crippen molar-refractivity contribution in [3.8, 4) is 5.75 Å². The molecular formula is C23H23N7O6. The number of nitro groups is 1. The molecule has 0 saturated heterocycles. The molecular weight excluding hydrogens is 470 g/mol. The summed E-state index contributed by atoms with van der Waals surface area (Å²) in [5.41, 5.74) is 2.78. The summed E-state index contributed by atoms with van der Waals surface area (Å²) in [7, 11) is 1.45. The highest BCUT2D eigenvalue weighted by atomic mass is 16.6. The fraction of sp³-hybridized carbons (Fsp3) is 0.217. The van der Waals surface area contributed by atoms with Crippen LogP contribution in [0.3, 0.4) is 0 Å². The third kappa shape index (κ3) is 5.15. The van der Waals surface area contributed by atoms with Crippen molar-refractivity contribution in [2.75, 3.05) is 12.0 Å². The van der Waals surface area contributed by atoms with Crippen LogP contribution in [0.1, 0.15) is 11.1 Å². The Kier molecular flexibility index (Phi) is 6.92. The van der Waals surface area contributed by atoms with E-state index in [1.165, 1.54) is 40.6 Å². The number of nitrogens with zero attached hydrogens (tertiary/aromatic N) is 5. The minimum Gasteiger partial charge on any atom is -0.491 e. The first kappa shape index (κ1) is 24.3. The Labute approximate surface area is 203 Å². The van der Waals surface area contributed by atoms with Gasteiger partial charge in [-0.1, -0.05) is 30.3 Å². The van der Waals surface area contributed by atoms with Crippen LogP contribution >= 0.6 is 0 Å². The molecule has 13 heteroatoms. The topological polar surface area (TPSA) is 170 Å². The van der Waals surface area contributed by atoms with Gasteiger partial charge in [0.1, 0.15) is 18.5 Å². The average molecular weight is 493 g/mol. The van der Waals surface area contributed by atoms with Crippen molar-refractivity contribution in [1.82, 2.24) is 19.1 Å². The van der Waals surface area contributed by atoms with Gasteiger partial charge in [0, 0.05) is 24.7 Å². The number of anilines is 1. The number of H-pyrrole nitrogens is 1. The van der Waals surface area contributed by atoms with Gasteiger partial charge in [0.25, 0.3) is 11.2 Å². The summed E-state index contributed by atoms with van der Waals surface area (Å²) in [5.74, 6) is 0.695. The first-order valence-electron chi connectivity index (χ1n) is 10.8. The van der Waals surface area contributed by atoms with Crippen LogP contribution < -0.4 is 21.4 Å². The van der Waals surface area contributed by atoms with Crippen molar-refractivity contribution < 1.29 is 14.8 Å². The fourth-order valence-electron chi connectivity index (χ4n) is 3.55. The first-order chi connectivity index (χ1) is 17.2. The number of hydrogen-bond donors (Lipinski definition) is 3. The third-order valence-electron chi connectivity index (χ3n) is 5.38. The lowest BCUT2D eigenvalue weighted by molar-refractivity contribution is -0.384. The molecule has 186 valence electrons. The molecule has 0 aliphatic rings. The summed E-state index contributed by atoms with van der Waals surface area (Å²) < 4.78 is 8.27. The lowest BCUT2D eigenvalue weighted by Gasteiger charge is -2.16. The molecule has 0 fully saturated rings. The van der Waals surface area contributed by atoms with Crippen molar-refractivity contribution in [3.63, 3.8) is 0 Å². The van der Waals surface area contributed by atoms with Gasteiger partial charge in [0.15, 0.2) is 11.2 Å². The number of para-hydroxylation sites is 1. The number of aliphatic hydroxyl groups is 1. The quantitative estimate of drug-likeness (QED) is 0.179. The third-order valence-corrected chi connectivity index (χ3v) is 5.38. The molecule has 0 aliphatic carbocycles.